The van der Waals surface area contributed by atoms with E-state index in [4.69, 9.17) is 4.74 Å². The maximum atomic E-state index is 12.7. The number of carbonyl (C=O) groups excluding carboxylic acids is 1. The first-order valence-corrected chi connectivity index (χ1v) is 7.07. The number of ether oxygens (including phenoxy) is 1. The minimum absolute atomic E-state index is 0.0842. The van der Waals surface area contributed by atoms with Crippen molar-refractivity contribution in [2.75, 3.05) is 24.6 Å². The first kappa shape index (κ1) is 19.2. The van der Waals surface area contributed by atoms with Crippen molar-refractivity contribution in [1.29, 1.82) is 0 Å². The number of halogens is 5. The molecule has 0 N–H and O–H groups in total. The first-order valence-electron chi connectivity index (χ1n) is 7.07. The second-order valence-electron chi connectivity index (χ2n) is 4.84. The van der Waals surface area contributed by atoms with Crippen molar-refractivity contribution in [3.63, 3.8) is 0 Å². The summed E-state index contributed by atoms with van der Waals surface area (Å²) >= 11 is 0. The average Bonchev–Trinajstić information content (AvgIpc) is 2.49. The van der Waals surface area contributed by atoms with Gasteiger partial charge < -0.3 is 9.64 Å². The third-order valence-corrected chi connectivity index (χ3v) is 3.19. The first-order chi connectivity index (χ1) is 10.7. The molecule has 0 atom stereocenters. The Labute approximate surface area is 131 Å². The predicted octanol–water partition coefficient (Wildman–Crippen LogP) is 4.03. The standard InChI is InChI=1S/C15H18F5NO2/c1-2-21(12-6-4-3-5-7-12)10-11-23-13(22)8-9-14(16,17)15(18,19)20/h3-7H,2,8-11H2,1H3. The number of nitrogens with zero attached hydrogens (tertiary/aromatic N) is 1. The highest BCUT2D eigenvalue weighted by Gasteiger charge is 2.56. The molecule has 0 spiro atoms. The van der Waals surface area contributed by atoms with E-state index in [2.05, 4.69) is 0 Å². The van der Waals surface area contributed by atoms with Crippen molar-refractivity contribution in [2.24, 2.45) is 0 Å². The molecule has 0 aliphatic heterocycles. The van der Waals surface area contributed by atoms with Crippen molar-refractivity contribution < 1.29 is 31.5 Å². The normalized spacial score (nSPS) is 12.1. The molecule has 0 aliphatic rings. The molecule has 0 saturated carbocycles. The lowest BCUT2D eigenvalue weighted by Crippen LogP contribution is -2.37. The zero-order chi connectivity index (χ0) is 17.5. The van der Waals surface area contributed by atoms with Crippen LogP contribution < -0.4 is 4.90 Å². The molecular weight excluding hydrogens is 321 g/mol. The predicted molar refractivity (Wildman–Crippen MR) is 75.5 cm³/mol. The summed E-state index contributed by atoms with van der Waals surface area (Å²) in [6.07, 6.45) is -8.24. The third-order valence-electron chi connectivity index (χ3n) is 3.19. The Hall–Kier alpha value is -1.86. The maximum Gasteiger partial charge on any atom is 0.453 e. The van der Waals surface area contributed by atoms with Crippen LogP contribution in [-0.4, -0.2) is 37.8 Å². The molecule has 0 aliphatic carbocycles. The fourth-order valence-electron chi connectivity index (χ4n) is 1.85. The molecule has 0 fully saturated rings. The van der Waals surface area contributed by atoms with Gasteiger partial charge in [-0.1, -0.05) is 18.2 Å². The van der Waals surface area contributed by atoms with Crippen LogP contribution in [0.3, 0.4) is 0 Å². The van der Waals surface area contributed by atoms with Gasteiger partial charge in [-0.25, -0.2) is 0 Å². The average molecular weight is 339 g/mol. The number of anilines is 1. The Bertz CT molecular complexity index is 490. The van der Waals surface area contributed by atoms with Crippen LogP contribution in [0.5, 0.6) is 0 Å². The summed E-state index contributed by atoms with van der Waals surface area (Å²) in [4.78, 5) is 13.2. The van der Waals surface area contributed by atoms with E-state index < -0.39 is 30.9 Å². The lowest BCUT2D eigenvalue weighted by atomic mass is 10.2. The Morgan fingerprint density at radius 3 is 2.26 bits per heavy atom. The number of likely N-dealkylation sites (N-methyl/N-ethyl adjacent to an activating group) is 1. The summed E-state index contributed by atoms with van der Waals surface area (Å²) in [7, 11) is 0. The van der Waals surface area contributed by atoms with Gasteiger partial charge in [-0.15, -0.1) is 0 Å². The number of hydrogen-bond acceptors (Lipinski definition) is 3. The van der Waals surface area contributed by atoms with Crippen molar-refractivity contribution in [3.05, 3.63) is 30.3 Å². The summed E-state index contributed by atoms with van der Waals surface area (Å²) in [6.45, 7) is 2.76. The van der Waals surface area contributed by atoms with Crippen LogP contribution in [0.4, 0.5) is 27.6 Å². The minimum atomic E-state index is -5.65. The fraction of sp³-hybridized carbons (Fsp3) is 0.533. The highest BCUT2D eigenvalue weighted by Crippen LogP contribution is 2.38. The second kappa shape index (κ2) is 8.12. The molecule has 8 heteroatoms. The molecule has 23 heavy (non-hydrogen) atoms. The largest absolute Gasteiger partial charge is 0.464 e. The van der Waals surface area contributed by atoms with Gasteiger partial charge in [0, 0.05) is 18.7 Å². The molecule has 1 aromatic carbocycles. The minimum Gasteiger partial charge on any atom is -0.464 e. The molecule has 0 saturated heterocycles. The Kier molecular flexibility index (Phi) is 6.78. The summed E-state index contributed by atoms with van der Waals surface area (Å²) in [5.74, 6) is -5.95. The number of carbonyl (C=O) groups is 1. The van der Waals surface area contributed by atoms with E-state index >= 15 is 0 Å². The Morgan fingerprint density at radius 1 is 1.13 bits per heavy atom. The van der Waals surface area contributed by atoms with E-state index in [0.717, 1.165) is 5.69 Å². The van der Waals surface area contributed by atoms with E-state index in [9.17, 15) is 26.7 Å². The quantitative estimate of drug-likeness (QED) is 0.529. The summed E-state index contributed by atoms with van der Waals surface area (Å²) in [5, 5.41) is 0. The molecule has 0 heterocycles. The smallest absolute Gasteiger partial charge is 0.453 e. The molecule has 0 amide bonds. The van der Waals surface area contributed by atoms with E-state index in [1.54, 1.807) is 0 Å². The van der Waals surface area contributed by atoms with Crippen LogP contribution in [0, 0.1) is 0 Å². The number of benzene rings is 1. The van der Waals surface area contributed by atoms with Gasteiger partial charge in [0.15, 0.2) is 0 Å². The summed E-state index contributed by atoms with van der Waals surface area (Å²) in [6, 6.07) is 9.23. The van der Waals surface area contributed by atoms with Gasteiger partial charge >= 0.3 is 18.1 Å². The Balaban J connectivity index is 2.36. The van der Waals surface area contributed by atoms with Crippen LogP contribution >= 0.6 is 0 Å². The molecule has 1 aromatic rings. The number of esters is 1. The highest BCUT2D eigenvalue weighted by molar-refractivity contribution is 5.69. The SMILES string of the molecule is CCN(CCOC(=O)CCC(F)(F)C(F)(F)F)c1ccccc1. The zero-order valence-electron chi connectivity index (χ0n) is 12.6. The van der Waals surface area contributed by atoms with Crippen LogP contribution in [0.15, 0.2) is 30.3 Å². The van der Waals surface area contributed by atoms with Crippen molar-refractivity contribution in [1.82, 2.24) is 0 Å². The molecule has 0 unspecified atom stereocenters. The van der Waals surface area contributed by atoms with Gasteiger partial charge in [-0.05, 0) is 19.1 Å². The molecule has 0 aromatic heterocycles. The van der Waals surface area contributed by atoms with Gasteiger partial charge in [0.05, 0.1) is 13.0 Å². The van der Waals surface area contributed by atoms with Crippen LogP contribution in [0.2, 0.25) is 0 Å². The molecule has 1 rings (SSSR count). The fourth-order valence-corrected chi connectivity index (χ4v) is 1.85. The van der Waals surface area contributed by atoms with Crippen LogP contribution in [0.1, 0.15) is 19.8 Å². The van der Waals surface area contributed by atoms with E-state index in [0.29, 0.717) is 13.1 Å². The van der Waals surface area contributed by atoms with Crippen molar-refractivity contribution >= 4 is 11.7 Å². The third kappa shape index (κ3) is 6.03. The topological polar surface area (TPSA) is 29.5 Å². The van der Waals surface area contributed by atoms with Gasteiger partial charge in [0.1, 0.15) is 6.61 Å². The molecule has 3 nitrogen and oxygen atoms in total. The second-order valence-corrected chi connectivity index (χ2v) is 4.84. The lowest BCUT2D eigenvalue weighted by Gasteiger charge is -2.23. The summed E-state index contributed by atoms with van der Waals surface area (Å²) < 4.78 is 66.0. The number of para-hydroxylation sites is 1. The molecule has 0 radical (unpaired) electrons. The van der Waals surface area contributed by atoms with Crippen molar-refractivity contribution in [2.45, 2.75) is 31.9 Å². The van der Waals surface area contributed by atoms with Crippen LogP contribution in [-0.2, 0) is 9.53 Å². The van der Waals surface area contributed by atoms with Crippen molar-refractivity contribution in [3.8, 4) is 0 Å². The zero-order valence-corrected chi connectivity index (χ0v) is 12.6. The van der Waals surface area contributed by atoms with E-state index in [1.807, 2.05) is 42.2 Å². The maximum absolute atomic E-state index is 12.7. The monoisotopic (exact) mass is 339 g/mol. The van der Waals surface area contributed by atoms with Gasteiger partial charge in [-0.2, -0.15) is 22.0 Å². The van der Waals surface area contributed by atoms with Gasteiger partial charge in [0.2, 0.25) is 0 Å². The van der Waals surface area contributed by atoms with Gasteiger partial charge in [0.25, 0.3) is 0 Å². The Morgan fingerprint density at radius 2 is 1.74 bits per heavy atom. The number of alkyl halides is 5. The molecule has 0 bridgehead atoms. The number of rotatable bonds is 8. The van der Waals surface area contributed by atoms with E-state index in [1.165, 1.54) is 0 Å². The molecule has 130 valence electrons. The highest BCUT2D eigenvalue weighted by atomic mass is 19.4. The van der Waals surface area contributed by atoms with Crippen LogP contribution in [0.25, 0.3) is 0 Å². The summed E-state index contributed by atoms with van der Waals surface area (Å²) in [5.41, 5.74) is 0.898. The number of hydrogen-bond donors (Lipinski definition) is 0. The van der Waals surface area contributed by atoms with Gasteiger partial charge in [-0.3, -0.25) is 4.79 Å². The van der Waals surface area contributed by atoms with E-state index in [-0.39, 0.29) is 6.61 Å². The lowest BCUT2D eigenvalue weighted by molar-refractivity contribution is -0.284. The molecular formula is C15H18F5NO2.